The van der Waals surface area contributed by atoms with E-state index in [0.29, 0.717) is 17.5 Å². The summed E-state index contributed by atoms with van der Waals surface area (Å²) in [5.74, 6) is -0.785. The van der Waals surface area contributed by atoms with Crippen molar-refractivity contribution in [1.29, 1.82) is 0 Å². The second-order valence-corrected chi connectivity index (χ2v) is 12.8. The number of carbonyl (C=O) groups excluding carboxylic acids is 3. The van der Waals surface area contributed by atoms with Crippen molar-refractivity contribution in [2.75, 3.05) is 6.54 Å². The minimum atomic E-state index is -1.10. The summed E-state index contributed by atoms with van der Waals surface area (Å²) in [6.07, 6.45) is 8.97. The Morgan fingerprint density at radius 3 is 2.23 bits per heavy atom. The molecular formula is C35H51N3O6. The first-order valence-electron chi connectivity index (χ1n) is 16.1. The molecule has 0 bridgehead atoms. The highest BCUT2D eigenvalue weighted by Crippen LogP contribution is 2.31. The molecule has 0 aliphatic heterocycles. The Labute approximate surface area is 262 Å². The Bertz CT molecular complexity index is 1200. The lowest BCUT2D eigenvalue weighted by Crippen LogP contribution is -2.54. The van der Waals surface area contributed by atoms with E-state index in [1.807, 2.05) is 0 Å². The minimum Gasteiger partial charge on any atom is -0.508 e. The third-order valence-electron chi connectivity index (χ3n) is 7.89. The van der Waals surface area contributed by atoms with Gasteiger partial charge in [-0.2, -0.15) is 0 Å². The largest absolute Gasteiger partial charge is 0.508 e. The van der Waals surface area contributed by atoms with Crippen LogP contribution in [0.3, 0.4) is 0 Å². The van der Waals surface area contributed by atoms with Crippen LogP contribution in [0.1, 0.15) is 109 Å². The number of hydrogen-bond donors (Lipinski definition) is 4. The zero-order valence-electron chi connectivity index (χ0n) is 26.8. The number of hydrogen-bond acceptors (Lipinski definition) is 6. The quantitative estimate of drug-likeness (QED) is 0.181. The molecule has 2 atom stereocenters. The SMILES string of the molecule is CCCCCCCN(C(=O)C(Cc1ccc(O)cc1)NC(=O)OC(C)(C)C)C(C(=O)NC1CCCCC1)c1ccccc1O. The number of amides is 3. The van der Waals surface area contributed by atoms with E-state index in [1.54, 1.807) is 51.1 Å². The fourth-order valence-electron chi connectivity index (χ4n) is 5.67. The number of phenols is 2. The molecule has 0 radical (unpaired) electrons. The van der Waals surface area contributed by atoms with E-state index in [4.69, 9.17) is 4.74 Å². The zero-order chi connectivity index (χ0) is 32.1. The van der Waals surface area contributed by atoms with Crippen molar-refractivity contribution in [1.82, 2.24) is 15.5 Å². The molecule has 0 saturated heterocycles. The number of alkyl carbamates (subject to hydrolysis) is 1. The van der Waals surface area contributed by atoms with E-state index >= 15 is 0 Å². The standard InChI is InChI=1S/C35H51N3O6/c1-5-6-7-8-14-23-38(31(28-17-12-13-18-30(28)40)32(41)36-26-15-10-9-11-16-26)33(42)29(37-34(43)44-35(2,3)4)24-25-19-21-27(39)22-20-25/h12-13,17-22,26,29,31,39-40H,5-11,14-16,23-24H2,1-4H3,(H,36,41)(H,37,43). The average molecular weight is 610 g/mol. The Morgan fingerprint density at radius 1 is 0.932 bits per heavy atom. The van der Waals surface area contributed by atoms with E-state index in [1.165, 1.54) is 23.1 Å². The minimum absolute atomic E-state index is 0.00112. The maximum atomic E-state index is 14.6. The molecule has 2 aromatic carbocycles. The van der Waals surface area contributed by atoms with Crippen molar-refractivity contribution in [3.05, 3.63) is 59.7 Å². The summed E-state index contributed by atoms with van der Waals surface area (Å²) in [7, 11) is 0. The maximum absolute atomic E-state index is 14.6. The Balaban J connectivity index is 2.02. The molecule has 0 aromatic heterocycles. The van der Waals surface area contributed by atoms with Gasteiger partial charge in [-0.25, -0.2) is 4.79 Å². The maximum Gasteiger partial charge on any atom is 0.408 e. The molecule has 44 heavy (non-hydrogen) atoms. The molecule has 3 rings (SSSR count). The summed E-state index contributed by atoms with van der Waals surface area (Å²) in [5.41, 5.74) is 0.266. The van der Waals surface area contributed by atoms with Crippen LogP contribution in [0, 0.1) is 0 Å². The van der Waals surface area contributed by atoms with Crippen LogP contribution in [0.2, 0.25) is 0 Å². The third kappa shape index (κ3) is 11.1. The number of unbranched alkanes of at least 4 members (excludes halogenated alkanes) is 4. The van der Waals surface area contributed by atoms with Crippen molar-refractivity contribution in [3.63, 3.8) is 0 Å². The molecule has 9 nitrogen and oxygen atoms in total. The molecule has 242 valence electrons. The molecule has 1 aliphatic carbocycles. The molecule has 3 amide bonds. The van der Waals surface area contributed by atoms with Crippen LogP contribution in [0.25, 0.3) is 0 Å². The molecule has 1 fully saturated rings. The molecule has 9 heteroatoms. The molecule has 1 saturated carbocycles. The second kappa shape index (κ2) is 16.9. The number of nitrogens with one attached hydrogen (secondary N) is 2. The summed E-state index contributed by atoms with van der Waals surface area (Å²) < 4.78 is 5.51. The monoisotopic (exact) mass is 609 g/mol. The van der Waals surface area contributed by atoms with Crippen molar-refractivity contribution in [2.45, 2.75) is 122 Å². The van der Waals surface area contributed by atoms with Crippen LogP contribution in [-0.4, -0.2) is 57.3 Å². The van der Waals surface area contributed by atoms with E-state index in [0.717, 1.165) is 57.8 Å². The van der Waals surface area contributed by atoms with Crippen LogP contribution in [0.4, 0.5) is 4.79 Å². The molecule has 2 aromatic rings. The number of carbonyl (C=O) groups is 3. The van der Waals surface area contributed by atoms with Crippen molar-refractivity contribution in [3.8, 4) is 11.5 Å². The Kier molecular flexibility index (Phi) is 13.4. The van der Waals surface area contributed by atoms with Gasteiger partial charge < -0.3 is 30.5 Å². The summed E-state index contributed by atoms with van der Waals surface area (Å²) in [5, 5.41) is 26.7. The van der Waals surface area contributed by atoms with Crippen LogP contribution in [-0.2, 0) is 20.7 Å². The number of nitrogens with zero attached hydrogens (tertiary/aromatic N) is 1. The Hall–Kier alpha value is -3.75. The van der Waals surface area contributed by atoms with Gasteiger partial charge in [-0.05, 0) is 63.8 Å². The second-order valence-electron chi connectivity index (χ2n) is 12.8. The zero-order valence-corrected chi connectivity index (χ0v) is 26.8. The highest BCUT2D eigenvalue weighted by Gasteiger charge is 2.38. The number of phenolic OH excluding ortho intramolecular Hbond substituents is 2. The van der Waals surface area contributed by atoms with Crippen LogP contribution in [0.15, 0.2) is 48.5 Å². The van der Waals surface area contributed by atoms with Gasteiger partial charge in [0.05, 0.1) is 0 Å². The van der Waals surface area contributed by atoms with Crippen molar-refractivity contribution < 1.29 is 29.3 Å². The van der Waals surface area contributed by atoms with Gasteiger partial charge in [-0.3, -0.25) is 9.59 Å². The van der Waals surface area contributed by atoms with E-state index in [-0.39, 0.29) is 36.4 Å². The number of ether oxygens (including phenoxy) is 1. The van der Waals surface area contributed by atoms with E-state index in [9.17, 15) is 24.6 Å². The number of rotatable bonds is 14. The first kappa shape index (κ1) is 34.7. The van der Waals surface area contributed by atoms with Crippen molar-refractivity contribution in [2.24, 2.45) is 0 Å². The van der Waals surface area contributed by atoms with Gasteiger partial charge in [0.25, 0.3) is 0 Å². The molecule has 4 N–H and O–H groups in total. The third-order valence-corrected chi connectivity index (χ3v) is 7.89. The highest BCUT2D eigenvalue weighted by molar-refractivity contribution is 5.92. The van der Waals surface area contributed by atoms with Crippen LogP contribution < -0.4 is 10.6 Å². The fourth-order valence-corrected chi connectivity index (χ4v) is 5.67. The highest BCUT2D eigenvalue weighted by atomic mass is 16.6. The molecule has 2 unspecified atom stereocenters. The predicted octanol–water partition coefficient (Wildman–Crippen LogP) is 6.52. The van der Waals surface area contributed by atoms with Gasteiger partial charge in [-0.15, -0.1) is 0 Å². The van der Waals surface area contributed by atoms with Gasteiger partial charge in [0.2, 0.25) is 11.8 Å². The van der Waals surface area contributed by atoms with Crippen LogP contribution >= 0.6 is 0 Å². The van der Waals surface area contributed by atoms with Crippen molar-refractivity contribution >= 4 is 17.9 Å². The number of aromatic hydroxyl groups is 2. The predicted molar refractivity (Wildman–Crippen MR) is 171 cm³/mol. The number of para-hydroxylation sites is 1. The van der Waals surface area contributed by atoms with Gasteiger partial charge in [0, 0.05) is 24.6 Å². The first-order chi connectivity index (χ1) is 21.0. The lowest BCUT2D eigenvalue weighted by molar-refractivity contribution is -0.143. The normalized spacial score (nSPS) is 15.2. The topological polar surface area (TPSA) is 128 Å². The van der Waals surface area contributed by atoms with E-state index < -0.39 is 29.7 Å². The first-order valence-corrected chi connectivity index (χ1v) is 16.1. The summed E-state index contributed by atoms with van der Waals surface area (Å²) in [6.45, 7) is 7.64. The number of benzene rings is 2. The average Bonchev–Trinajstić information content (AvgIpc) is 2.97. The smallest absolute Gasteiger partial charge is 0.408 e. The molecule has 1 aliphatic rings. The lowest BCUT2D eigenvalue weighted by atomic mass is 9.94. The summed E-state index contributed by atoms with van der Waals surface area (Å²) in [6, 6.07) is 10.9. The van der Waals surface area contributed by atoms with Gasteiger partial charge >= 0.3 is 6.09 Å². The van der Waals surface area contributed by atoms with Gasteiger partial charge in [0.1, 0.15) is 29.2 Å². The van der Waals surface area contributed by atoms with Gasteiger partial charge in [-0.1, -0.05) is 82.2 Å². The summed E-state index contributed by atoms with van der Waals surface area (Å²) in [4.78, 5) is 43.2. The molecule has 0 spiro atoms. The summed E-state index contributed by atoms with van der Waals surface area (Å²) >= 11 is 0. The fraction of sp³-hybridized carbons (Fsp3) is 0.571. The molecular weight excluding hydrogens is 558 g/mol. The molecule has 0 heterocycles. The Morgan fingerprint density at radius 2 is 1.59 bits per heavy atom. The lowest BCUT2D eigenvalue weighted by Gasteiger charge is -2.36. The van der Waals surface area contributed by atoms with Crippen LogP contribution in [0.5, 0.6) is 11.5 Å². The van der Waals surface area contributed by atoms with Gasteiger partial charge in [0.15, 0.2) is 0 Å². The van der Waals surface area contributed by atoms with E-state index in [2.05, 4.69) is 17.6 Å².